The predicted molar refractivity (Wildman–Crippen MR) is 73.7 cm³/mol. The number of ether oxygens (including phenoxy) is 1. The van der Waals surface area contributed by atoms with Crippen LogP contribution in [0.3, 0.4) is 0 Å². The van der Waals surface area contributed by atoms with Crippen LogP contribution in [0, 0.1) is 5.41 Å². The first-order chi connectivity index (χ1) is 9.10. The first kappa shape index (κ1) is 14.2. The molecule has 4 nitrogen and oxygen atoms in total. The van der Waals surface area contributed by atoms with Crippen LogP contribution in [0.15, 0.2) is 18.2 Å². The molecule has 1 aliphatic carbocycles. The molecule has 1 amide bonds. The van der Waals surface area contributed by atoms with Gasteiger partial charge in [-0.15, -0.1) is 0 Å². The summed E-state index contributed by atoms with van der Waals surface area (Å²) in [4.78, 5) is 12.1. The van der Waals surface area contributed by atoms with Crippen LogP contribution in [0.1, 0.15) is 29.6 Å². The topological polar surface area (TPSA) is 58.6 Å². The quantitative estimate of drug-likeness (QED) is 0.842. The molecule has 104 valence electrons. The second-order valence-corrected chi connectivity index (χ2v) is 5.44. The number of benzene rings is 1. The number of hydrogen-bond acceptors (Lipinski definition) is 3. The van der Waals surface area contributed by atoms with E-state index in [0.717, 1.165) is 19.3 Å². The summed E-state index contributed by atoms with van der Waals surface area (Å²) in [6.07, 6.45) is 2.86. The summed E-state index contributed by atoms with van der Waals surface area (Å²) >= 11 is 5.86. The van der Waals surface area contributed by atoms with E-state index in [9.17, 15) is 4.79 Å². The van der Waals surface area contributed by atoms with Gasteiger partial charge in [0.05, 0.1) is 12.7 Å². The lowest BCUT2D eigenvalue weighted by Gasteiger charge is -2.15. The second kappa shape index (κ2) is 5.80. The van der Waals surface area contributed by atoms with Gasteiger partial charge >= 0.3 is 0 Å². The Morgan fingerprint density at radius 1 is 1.53 bits per heavy atom. The zero-order chi connectivity index (χ0) is 13.9. The van der Waals surface area contributed by atoms with Crippen LogP contribution in [0.25, 0.3) is 0 Å². The summed E-state index contributed by atoms with van der Waals surface area (Å²) in [5.41, 5.74) is 0.580. The molecule has 0 unspecified atom stereocenters. The molecular weight excluding hydrogens is 266 g/mol. The fourth-order valence-corrected chi connectivity index (χ4v) is 2.31. The SMILES string of the molecule is COc1cc(Cl)ccc1C(=O)NCC1(CCO)CC1. The van der Waals surface area contributed by atoms with Gasteiger partial charge in [-0.2, -0.15) is 0 Å². The number of carbonyl (C=O) groups excluding carboxylic acids is 1. The van der Waals surface area contributed by atoms with Crippen LogP contribution in [0.5, 0.6) is 5.75 Å². The summed E-state index contributed by atoms with van der Waals surface area (Å²) < 4.78 is 5.16. The zero-order valence-electron chi connectivity index (χ0n) is 10.9. The van der Waals surface area contributed by atoms with Crippen molar-refractivity contribution in [1.29, 1.82) is 0 Å². The van der Waals surface area contributed by atoms with Crippen LogP contribution in [0.2, 0.25) is 5.02 Å². The van der Waals surface area contributed by atoms with Crippen LogP contribution < -0.4 is 10.1 Å². The van der Waals surface area contributed by atoms with Gasteiger partial charge < -0.3 is 15.2 Å². The van der Waals surface area contributed by atoms with Crippen molar-refractivity contribution in [3.63, 3.8) is 0 Å². The lowest BCUT2D eigenvalue weighted by atomic mass is 10.0. The summed E-state index contributed by atoms with van der Waals surface area (Å²) in [6.45, 7) is 0.762. The monoisotopic (exact) mass is 283 g/mol. The highest BCUT2D eigenvalue weighted by Gasteiger charge is 2.41. The van der Waals surface area contributed by atoms with E-state index in [1.54, 1.807) is 18.2 Å². The number of halogens is 1. The van der Waals surface area contributed by atoms with Crippen LogP contribution >= 0.6 is 11.6 Å². The molecule has 0 radical (unpaired) electrons. The lowest BCUT2D eigenvalue weighted by Crippen LogP contribution is -2.31. The zero-order valence-corrected chi connectivity index (χ0v) is 11.7. The average molecular weight is 284 g/mol. The highest BCUT2D eigenvalue weighted by atomic mass is 35.5. The molecule has 1 aliphatic rings. The van der Waals surface area contributed by atoms with Crippen LogP contribution in [0.4, 0.5) is 0 Å². The largest absolute Gasteiger partial charge is 0.496 e. The summed E-state index contributed by atoms with van der Waals surface area (Å²) in [6, 6.07) is 4.94. The number of aliphatic hydroxyl groups is 1. The standard InChI is InChI=1S/C14H18ClNO3/c1-19-12-8-10(15)2-3-11(12)13(18)16-9-14(4-5-14)6-7-17/h2-3,8,17H,4-7,9H2,1H3,(H,16,18). The smallest absolute Gasteiger partial charge is 0.255 e. The van der Waals surface area contributed by atoms with E-state index in [1.807, 2.05) is 0 Å². The Balaban J connectivity index is 2.00. The molecule has 0 spiro atoms. The van der Waals surface area contributed by atoms with E-state index in [4.69, 9.17) is 21.4 Å². The van der Waals surface area contributed by atoms with Gasteiger partial charge in [0.25, 0.3) is 5.91 Å². The van der Waals surface area contributed by atoms with Gasteiger partial charge in [-0.05, 0) is 42.9 Å². The Hall–Kier alpha value is -1.26. The number of amides is 1. The summed E-state index contributed by atoms with van der Waals surface area (Å²) in [7, 11) is 1.51. The second-order valence-electron chi connectivity index (χ2n) is 5.00. The molecule has 1 aromatic rings. The van der Waals surface area contributed by atoms with Gasteiger partial charge in [-0.3, -0.25) is 4.79 Å². The third-order valence-electron chi connectivity index (χ3n) is 3.63. The first-order valence-corrected chi connectivity index (χ1v) is 6.71. The number of aliphatic hydroxyl groups excluding tert-OH is 1. The van der Waals surface area contributed by atoms with E-state index in [2.05, 4.69) is 5.32 Å². The molecule has 0 saturated heterocycles. The van der Waals surface area contributed by atoms with Crippen molar-refractivity contribution in [3.05, 3.63) is 28.8 Å². The highest BCUT2D eigenvalue weighted by Crippen LogP contribution is 2.47. The van der Waals surface area contributed by atoms with E-state index >= 15 is 0 Å². The third-order valence-corrected chi connectivity index (χ3v) is 3.87. The third kappa shape index (κ3) is 3.39. The maximum absolute atomic E-state index is 12.1. The van der Waals surface area contributed by atoms with E-state index in [1.165, 1.54) is 7.11 Å². The van der Waals surface area contributed by atoms with Gasteiger partial charge in [-0.1, -0.05) is 11.6 Å². The predicted octanol–water partition coefficient (Wildman–Crippen LogP) is 2.24. The number of rotatable bonds is 6. The Morgan fingerprint density at radius 3 is 2.84 bits per heavy atom. The van der Waals surface area contributed by atoms with E-state index in [0.29, 0.717) is 22.9 Å². The Morgan fingerprint density at radius 2 is 2.26 bits per heavy atom. The first-order valence-electron chi connectivity index (χ1n) is 6.33. The highest BCUT2D eigenvalue weighted by molar-refractivity contribution is 6.30. The molecule has 0 aliphatic heterocycles. The molecule has 0 bridgehead atoms. The van der Waals surface area contributed by atoms with E-state index in [-0.39, 0.29) is 17.9 Å². The van der Waals surface area contributed by atoms with Crippen molar-refractivity contribution in [1.82, 2.24) is 5.32 Å². The minimum Gasteiger partial charge on any atom is -0.496 e. The Kier molecular flexibility index (Phi) is 4.32. The minimum absolute atomic E-state index is 0.101. The molecule has 1 saturated carbocycles. The summed E-state index contributed by atoms with van der Waals surface area (Å²) in [5.74, 6) is 0.301. The van der Waals surface area contributed by atoms with Gasteiger partial charge in [0, 0.05) is 18.2 Å². The molecule has 0 heterocycles. The number of nitrogens with one attached hydrogen (secondary N) is 1. The van der Waals surface area contributed by atoms with Crippen molar-refractivity contribution in [2.75, 3.05) is 20.3 Å². The number of hydrogen-bond donors (Lipinski definition) is 2. The van der Waals surface area contributed by atoms with Crippen molar-refractivity contribution < 1.29 is 14.6 Å². The van der Waals surface area contributed by atoms with Crippen molar-refractivity contribution in [2.24, 2.45) is 5.41 Å². The molecule has 5 heteroatoms. The molecule has 0 aromatic heterocycles. The van der Waals surface area contributed by atoms with Crippen molar-refractivity contribution >= 4 is 17.5 Å². The molecule has 1 fully saturated rings. The number of carbonyl (C=O) groups is 1. The van der Waals surface area contributed by atoms with Gasteiger partial charge in [0.1, 0.15) is 5.75 Å². The fourth-order valence-electron chi connectivity index (χ4n) is 2.14. The molecule has 2 rings (SSSR count). The summed E-state index contributed by atoms with van der Waals surface area (Å²) in [5, 5.41) is 12.4. The lowest BCUT2D eigenvalue weighted by molar-refractivity contribution is 0.0938. The maximum atomic E-state index is 12.1. The van der Waals surface area contributed by atoms with Crippen molar-refractivity contribution in [2.45, 2.75) is 19.3 Å². The fraction of sp³-hybridized carbons (Fsp3) is 0.500. The Labute approximate surface area is 117 Å². The Bertz CT molecular complexity index is 472. The van der Waals surface area contributed by atoms with Gasteiger partial charge in [0.2, 0.25) is 0 Å². The van der Waals surface area contributed by atoms with Gasteiger partial charge in [0.15, 0.2) is 0 Å². The normalized spacial score (nSPS) is 15.9. The average Bonchev–Trinajstić information content (AvgIpc) is 3.16. The van der Waals surface area contributed by atoms with Crippen molar-refractivity contribution in [3.8, 4) is 5.75 Å². The minimum atomic E-state index is -0.169. The van der Waals surface area contributed by atoms with Crippen LogP contribution in [-0.2, 0) is 0 Å². The van der Waals surface area contributed by atoms with E-state index < -0.39 is 0 Å². The number of methoxy groups -OCH3 is 1. The molecule has 1 aromatic carbocycles. The van der Waals surface area contributed by atoms with Crippen LogP contribution in [-0.4, -0.2) is 31.3 Å². The maximum Gasteiger partial charge on any atom is 0.255 e. The molecule has 0 atom stereocenters. The van der Waals surface area contributed by atoms with Gasteiger partial charge in [-0.25, -0.2) is 0 Å². The molecular formula is C14H18ClNO3. The molecule has 19 heavy (non-hydrogen) atoms. The molecule has 2 N–H and O–H groups in total.